The molecule has 3 rings (SSSR count). The van der Waals surface area contributed by atoms with Gasteiger partial charge in [-0.05, 0) is 23.8 Å². The van der Waals surface area contributed by atoms with Crippen LogP contribution in [-0.4, -0.2) is 15.0 Å². The third-order valence-corrected chi connectivity index (χ3v) is 3.24. The molecule has 0 aliphatic carbocycles. The van der Waals surface area contributed by atoms with E-state index in [-0.39, 0.29) is 30.8 Å². The molecule has 5 nitrogen and oxygen atoms in total. The van der Waals surface area contributed by atoms with Crippen molar-refractivity contribution >= 4 is 5.82 Å². The van der Waals surface area contributed by atoms with Gasteiger partial charge in [-0.1, -0.05) is 18.2 Å². The van der Waals surface area contributed by atoms with Crippen molar-refractivity contribution in [3.8, 4) is 6.01 Å². The number of benzene rings is 1. The van der Waals surface area contributed by atoms with Gasteiger partial charge < -0.3 is 10.1 Å². The van der Waals surface area contributed by atoms with Crippen LogP contribution >= 0.6 is 0 Å². The summed E-state index contributed by atoms with van der Waals surface area (Å²) in [5.74, 6) is -1.05. The van der Waals surface area contributed by atoms with Crippen molar-refractivity contribution < 1.29 is 13.5 Å². The van der Waals surface area contributed by atoms with Gasteiger partial charge in [-0.3, -0.25) is 4.98 Å². The van der Waals surface area contributed by atoms with Gasteiger partial charge in [0.15, 0.2) is 11.6 Å². The lowest BCUT2D eigenvalue weighted by atomic mass is 10.2. The highest BCUT2D eigenvalue weighted by Crippen LogP contribution is 2.16. The minimum absolute atomic E-state index is 0.0317. The summed E-state index contributed by atoms with van der Waals surface area (Å²) in [4.78, 5) is 11.7. The first-order valence-corrected chi connectivity index (χ1v) is 7.24. The summed E-state index contributed by atoms with van der Waals surface area (Å²) in [5, 5.41) is 2.75. The first-order valence-electron chi connectivity index (χ1n) is 7.24. The van der Waals surface area contributed by atoms with Crippen molar-refractivity contribution in [2.45, 2.75) is 13.2 Å². The van der Waals surface area contributed by atoms with Crippen LogP contribution in [0, 0.1) is 11.6 Å². The first-order chi connectivity index (χ1) is 11.7. The van der Waals surface area contributed by atoms with E-state index in [1.165, 1.54) is 6.07 Å². The SMILES string of the molecule is Fc1ccccc1CNc1nc(OCc2ccncc2)ncc1F. The number of pyridine rings is 1. The molecular formula is C17H14F2N4O. The van der Waals surface area contributed by atoms with Crippen molar-refractivity contribution in [3.63, 3.8) is 0 Å². The lowest BCUT2D eigenvalue weighted by Crippen LogP contribution is -2.08. The number of ether oxygens (including phenoxy) is 1. The van der Waals surface area contributed by atoms with Gasteiger partial charge >= 0.3 is 6.01 Å². The quantitative estimate of drug-likeness (QED) is 0.752. The predicted octanol–water partition coefficient (Wildman–Crippen LogP) is 3.34. The molecule has 0 bridgehead atoms. The minimum atomic E-state index is -0.636. The van der Waals surface area contributed by atoms with E-state index in [1.807, 2.05) is 0 Å². The van der Waals surface area contributed by atoms with Gasteiger partial charge in [0.05, 0.1) is 6.20 Å². The molecule has 24 heavy (non-hydrogen) atoms. The van der Waals surface area contributed by atoms with Crippen LogP contribution in [0.2, 0.25) is 0 Å². The van der Waals surface area contributed by atoms with Crippen molar-refractivity contribution in [2.24, 2.45) is 0 Å². The second kappa shape index (κ2) is 7.45. The van der Waals surface area contributed by atoms with E-state index in [1.54, 1.807) is 42.7 Å². The summed E-state index contributed by atoms with van der Waals surface area (Å²) < 4.78 is 32.8. The minimum Gasteiger partial charge on any atom is -0.459 e. The first kappa shape index (κ1) is 15.8. The van der Waals surface area contributed by atoms with Crippen LogP contribution in [0.25, 0.3) is 0 Å². The van der Waals surface area contributed by atoms with E-state index in [0.717, 1.165) is 11.8 Å². The van der Waals surface area contributed by atoms with Crippen LogP contribution in [0.1, 0.15) is 11.1 Å². The van der Waals surface area contributed by atoms with Gasteiger partial charge in [-0.2, -0.15) is 4.98 Å². The monoisotopic (exact) mass is 328 g/mol. The summed E-state index contributed by atoms with van der Waals surface area (Å²) >= 11 is 0. The van der Waals surface area contributed by atoms with Crippen molar-refractivity contribution in [1.29, 1.82) is 0 Å². The maximum atomic E-state index is 13.8. The molecule has 2 aromatic heterocycles. The Kier molecular flexibility index (Phi) is 4.90. The Morgan fingerprint density at radius 1 is 1.00 bits per heavy atom. The van der Waals surface area contributed by atoms with E-state index >= 15 is 0 Å². The van der Waals surface area contributed by atoms with Crippen LogP contribution < -0.4 is 10.1 Å². The Hall–Kier alpha value is -3.09. The second-order valence-corrected chi connectivity index (χ2v) is 4.94. The fourth-order valence-electron chi connectivity index (χ4n) is 1.99. The van der Waals surface area contributed by atoms with Gasteiger partial charge in [0.1, 0.15) is 12.4 Å². The largest absolute Gasteiger partial charge is 0.459 e. The van der Waals surface area contributed by atoms with Gasteiger partial charge in [0.2, 0.25) is 0 Å². The number of nitrogens with zero attached hydrogens (tertiary/aromatic N) is 3. The Morgan fingerprint density at radius 3 is 2.58 bits per heavy atom. The number of hydrogen-bond acceptors (Lipinski definition) is 5. The fraction of sp³-hybridized carbons (Fsp3) is 0.118. The molecule has 0 saturated carbocycles. The standard InChI is InChI=1S/C17H14F2N4O/c18-14-4-2-1-3-13(14)9-21-16-15(19)10-22-17(23-16)24-11-12-5-7-20-8-6-12/h1-8,10H,9,11H2,(H,21,22,23). The molecule has 0 atom stereocenters. The van der Waals surface area contributed by atoms with E-state index in [2.05, 4.69) is 20.3 Å². The molecule has 0 radical (unpaired) electrons. The maximum Gasteiger partial charge on any atom is 0.318 e. The molecular weight excluding hydrogens is 314 g/mol. The molecule has 2 heterocycles. The molecule has 0 fully saturated rings. The zero-order chi connectivity index (χ0) is 16.8. The third-order valence-electron chi connectivity index (χ3n) is 3.24. The maximum absolute atomic E-state index is 13.8. The van der Waals surface area contributed by atoms with Crippen LogP contribution in [-0.2, 0) is 13.2 Å². The molecule has 0 aliphatic heterocycles. The zero-order valence-electron chi connectivity index (χ0n) is 12.6. The average Bonchev–Trinajstić information content (AvgIpc) is 2.62. The Balaban J connectivity index is 1.66. The normalized spacial score (nSPS) is 10.4. The summed E-state index contributed by atoms with van der Waals surface area (Å²) in [5.41, 5.74) is 1.30. The molecule has 0 saturated heterocycles. The number of nitrogens with one attached hydrogen (secondary N) is 1. The highest BCUT2D eigenvalue weighted by atomic mass is 19.1. The topological polar surface area (TPSA) is 59.9 Å². The van der Waals surface area contributed by atoms with E-state index in [0.29, 0.717) is 5.56 Å². The number of rotatable bonds is 6. The Morgan fingerprint density at radius 2 is 1.79 bits per heavy atom. The van der Waals surface area contributed by atoms with Crippen molar-refractivity contribution in [3.05, 3.63) is 77.8 Å². The zero-order valence-corrected chi connectivity index (χ0v) is 12.6. The molecule has 3 aromatic rings. The molecule has 122 valence electrons. The van der Waals surface area contributed by atoms with Crippen molar-refractivity contribution in [2.75, 3.05) is 5.32 Å². The fourth-order valence-corrected chi connectivity index (χ4v) is 1.99. The predicted molar refractivity (Wildman–Crippen MR) is 84.3 cm³/mol. The summed E-state index contributed by atoms with van der Waals surface area (Å²) in [6, 6.07) is 9.87. The molecule has 0 aliphatic rings. The van der Waals surface area contributed by atoms with Crippen LogP contribution in [0.3, 0.4) is 0 Å². The summed E-state index contributed by atoms with van der Waals surface area (Å²) in [7, 11) is 0. The van der Waals surface area contributed by atoms with Crippen molar-refractivity contribution in [1.82, 2.24) is 15.0 Å². The van der Waals surface area contributed by atoms with Crippen LogP contribution in [0.4, 0.5) is 14.6 Å². The van der Waals surface area contributed by atoms with E-state index < -0.39 is 5.82 Å². The Labute approximate surface area is 137 Å². The molecule has 1 aromatic carbocycles. The lowest BCUT2D eigenvalue weighted by Gasteiger charge is -2.09. The summed E-state index contributed by atoms with van der Waals surface area (Å²) in [6.07, 6.45) is 4.30. The number of aromatic nitrogens is 3. The molecule has 0 amide bonds. The molecule has 7 heteroatoms. The second-order valence-electron chi connectivity index (χ2n) is 4.94. The number of hydrogen-bond donors (Lipinski definition) is 1. The van der Waals surface area contributed by atoms with Gasteiger partial charge in [0, 0.05) is 24.5 Å². The third kappa shape index (κ3) is 4.01. The average molecular weight is 328 g/mol. The number of anilines is 1. The Bertz CT molecular complexity index is 815. The van der Waals surface area contributed by atoms with Gasteiger partial charge in [-0.15, -0.1) is 0 Å². The molecule has 1 N–H and O–H groups in total. The lowest BCUT2D eigenvalue weighted by molar-refractivity contribution is 0.279. The van der Waals surface area contributed by atoms with E-state index in [4.69, 9.17) is 4.74 Å². The number of halogens is 2. The highest BCUT2D eigenvalue weighted by molar-refractivity contribution is 5.37. The highest BCUT2D eigenvalue weighted by Gasteiger charge is 2.09. The van der Waals surface area contributed by atoms with Crippen LogP contribution in [0.5, 0.6) is 6.01 Å². The molecule has 0 spiro atoms. The van der Waals surface area contributed by atoms with Crippen LogP contribution in [0.15, 0.2) is 55.0 Å². The smallest absolute Gasteiger partial charge is 0.318 e. The van der Waals surface area contributed by atoms with Gasteiger partial charge in [0.25, 0.3) is 0 Å². The van der Waals surface area contributed by atoms with E-state index in [9.17, 15) is 8.78 Å². The molecule has 0 unspecified atom stereocenters. The summed E-state index contributed by atoms with van der Waals surface area (Å²) in [6.45, 7) is 0.339. The van der Waals surface area contributed by atoms with Gasteiger partial charge in [-0.25, -0.2) is 13.8 Å².